The summed E-state index contributed by atoms with van der Waals surface area (Å²) in [5.74, 6) is 0.382. The van der Waals surface area contributed by atoms with Crippen LogP contribution in [-0.2, 0) is 4.79 Å². The van der Waals surface area contributed by atoms with Gasteiger partial charge in [-0.15, -0.1) is 0 Å². The molecule has 8 nitrogen and oxygen atoms in total. The molecule has 0 aliphatic carbocycles. The molecule has 0 spiro atoms. The molecular formula is C20H18BrClN4O4. The maximum atomic E-state index is 12.8. The third-order valence-electron chi connectivity index (χ3n) is 4.31. The fourth-order valence-electron chi connectivity index (χ4n) is 2.88. The van der Waals surface area contributed by atoms with Gasteiger partial charge in [0.25, 0.3) is 5.69 Å². The maximum Gasteiger partial charge on any atom is 0.275 e. The maximum absolute atomic E-state index is 12.8. The van der Waals surface area contributed by atoms with E-state index in [4.69, 9.17) is 16.3 Å². The lowest BCUT2D eigenvalue weighted by molar-refractivity contribution is -0.384. The molecular weight excluding hydrogens is 476 g/mol. The van der Waals surface area contributed by atoms with Gasteiger partial charge in [0.1, 0.15) is 17.5 Å². The number of hydrogen-bond donors (Lipinski definition) is 1. The highest BCUT2D eigenvalue weighted by molar-refractivity contribution is 9.10. The Labute approximate surface area is 186 Å². The molecule has 30 heavy (non-hydrogen) atoms. The molecule has 3 rings (SSSR count). The zero-order valence-corrected chi connectivity index (χ0v) is 18.5. The normalized spacial score (nSPS) is 11.7. The Kier molecular flexibility index (Phi) is 6.73. The van der Waals surface area contributed by atoms with Crippen LogP contribution in [0.5, 0.6) is 11.5 Å². The monoisotopic (exact) mass is 492 g/mol. The molecule has 1 atom stereocenters. The lowest BCUT2D eigenvalue weighted by Crippen LogP contribution is -2.26. The summed E-state index contributed by atoms with van der Waals surface area (Å²) in [7, 11) is 0. The fraction of sp³-hybridized carbons (Fsp3) is 0.200. The molecule has 1 aromatic heterocycles. The first kappa shape index (κ1) is 21.8. The number of rotatable bonds is 7. The minimum absolute atomic E-state index is 0.204. The Hall–Kier alpha value is -2.91. The number of nitrogens with zero attached hydrogens (tertiary/aromatic N) is 3. The van der Waals surface area contributed by atoms with E-state index in [1.54, 1.807) is 30.6 Å². The first-order chi connectivity index (χ1) is 14.3. The number of nitrogens with one attached hydrogen (secondary N) is 1. The van der Waals surface area contributed by atoms with E-state index in [2.05, 4.69) is 26.3 Å². The van der Waals surface area contributed by atoms with Crippen LogP contribution < -0.4 is 10.1 Å². The number of ether oxygens (including phenoxy) is 1. The third kappa shape index (κ3) is 5.17. The highest BCUT2D eigenvalue weighted by Gasteiger charge is 2.21. The summed E-state index contributed by atoms with van der Waals surface area (Å²) in [6.07, 6.45) is 3.77. The summed E-state index contributed by atoms with van der Waals surface area (Å²) >= 11 is 9.27. The minimum Gasteiger partial charge on any atom is -0.457 e. The number of amides is 1. The first-order valence-corrected chi connectivity index (χ1v) is 10.2. The molecule has 3 aromatic rings. The van der Waals surface area contributed by atoms with E-state index >= 15 is 0 Å². The van der Waals surface area contributed by atoms with Crippen LogP contribution in [0.4, 0.5) is 11.4 Å². The Balaban J connectivity index is 1.88. The quantitative estimate of drug-likeness (QED) is 0.326. The van der Waals surface area contributed by atoms with Gasteiger partial charge in [-0.3, -0.25) is 19.6 Å². The zero-order chi connectivity index (χ0) is 21.8. The average molecular weight is 494 g/mol. The van der Waals surface area contributed by atoms with E-state index < -0.39 is 11.0 Å². The van der Waals surface area contributed by atoms with Crippen molar-refractivity contribution in [2.45, 2.75) is 26.3 Å². The van der Waals surface area contributed by atoms with Crippen molar-refractivity contribution in [1.29, 1.82) is 0 Å². The van der Waals surface area contributed by atoms with E-state index in [9.17, 15) is 14.9 Å². The summed E-state index contributed by atoms with van der Waals surface area (Å²) in [4.78, 5) is 23.6. The Morgan fingerprint density at radius 1 is 1.37 bits per heavy atom. The van der Waals surface area contributed by atoms with Crippen molar-refractivity contribution >= 4 is 44.8 Å². The molecule has 1 amide bonds. The zero-order valence-electron chi connectivity index (χ0n) is 16.1. The largest absolute Gasteiger partial charge is 0.457 e. The van der Waals surface area contributed by atoms with Gasteiger partial charge in [-0.1, -0.05) is 18.5 Å². The van der Waals surface area contributed by atoms with Gasteiger partial charge in [0, 0.05) is 23.4 Å². The molecule has 0 bridgehead atoms. The number of aryl methyl sites for hydroxylation is 1. The van der Waals surface area contributed by atoms with Crippen molar-refractivity contribution in [1.82, 2.24) is 9.78 Å². The van der Waals surface area contributed by atoms with Gasteiger partial charge in [0.15, 0.2) is 0 Å². The number of halogens is 2. The first-order valence-electron chi connectivity index (χ1n) is 9.01. The number of nitro groups is 1. The van der Waals surface area contributed by atoms with Gasteiger partial charge < -0.3 is 10.1 Å². The molecule has 0 aliphatic rings. The topological polar surface area (TPSA) is 99.3 Å². The molecule has 0 aliphatic heterocycles. The summed E-state index contributed by atoms with van der Waals surface area (Å²) in [6, 6.07) is 8.61. The van der Waals surface area contributed by atoms with Gasteiger partial charge >= 0.3 is 0 Å². The number of carbonyl (C=O) groups is 1. The average Bonchev–Trinajstić information content (AvgIpc) is 3.10. The molecule has 0 saturated carbocycles. The van der Waals surface area contributed by atoms with Crippen LogP contribution >= 0.6 is 27.5 Å². The summed E-state index contributed by atoms with van der Waals surface area (Å²) in [5.41, 5.74) is 0.819. The number of nitro benzene ring substituents is 1. The molecule has 156 valence electrons. The second-order valence-corrected chi connectivity index (χ2v) is 7.89. The highest BCUT2D eigenvalue weighted by atomic mass is 79.9. The number of non-ortho nitro benzene ring substituents is 1. The third-order valence-corrected chi connectivity index (χ3v) is 4.96. The van der Waals surface area contributed by atoms with E-state index in [1.807, 2.05) is 13.8 Å². The molecule has 10 heteroatoms. The van der Waals surface area contributed by atoms with Crippen LogP contribution in [0.1, 0.15) is 24.9 Å². The number of hydrogen-bond acceptors (Lipinski definition) is 5. The van der Waals surface area contributed by atoms with Crippen LogP contribution in [0.3, 0.4) is 0 Å². The van der Waals surface area contributed by atoms with Crippen molar-refractivity contribution in [2.24, 2.45) is 0 Å². The van der Waals surface area contributed by atoms with Crippen LogP contribution in [0.2, 0.25) is 5.02 Å². The molecule has 1 heterocycles. The van der Waals surface area contributed by atoms with Gasteiger partial charge in [-0.05, 0) is 53.0 Å². The van der Waals surface area contributed by atoms with Gasteiger partial charge in [-0.2, -0.15) is 5.10 Å². The molecule has 1 unspecified atom stereocenters. The van der Waals surface area contributed by atoms with E-state index in [0.717, 1.165) is 10.0 Å². The van der Waals surface area contributed by atoms with E-state index in [-0.39, 0.29) is 23.0 Å². The second-order valence-electron chi connectivity index (χ2n) is 6.54. The van der Waals surface area contributed by atoms with Crippen molar-refractivity contribution in [3.05, 3.63) is 74.0 Å². The smallest absolute Gasteiger partial charge is 0.275 e. The van der Waals surface area contributed by atoms with Crippen LogP contribution in [0.25, 0.3) is 0 Å². The lowest BCUT2D eigenvalue weighted by atomic mass is 10.2. The van der Waals surface area contributed by atoms with Crippen LogP contribution in [0.15, 0.2) is 53.3 Å². The van der Waals surface area contributed by atoms with Crippen molar-refractivity contribution in [3.8, 4) is 11.5 Å². The molecule has 1 N–H and O–H groups in total. The summed E-state index contributed by atoms with van der Waals surface area (Å²) in [6.45, 7) is 3.67. The fourth-order valence-corrected chi connectivity index (χ4v) is 3.41. The van der Waals surface area contributed by atoms with Gasteiger partial charge in [0.2, 0.25) is 5.91 Å². The Bertz CT molecular complexity index is 1100. The second kappa shape index (κ2) is 9.27. The molecule has 2 aromatic carbocycles. The van der Waals surface area contributed by atoms with E-state index in [1.165, 1.54) is 22.9 Å². The standard InChI is InChI=1S/C20H18BrClN4O4/c1-3-18(25-11-13(21)10-23-25)20(27)24-15-7-16(26(28)29)9-17(8-15)30-19-5-4-14(22)6-12(19)2/h4-11,18H,3H2,1-2H3,(H,24,27). The number of aromatic nitrogens is 2. The Morgan fingerprint density at radius 2 is 2.13 bits per heavy atom. The number of benzene rings is 2. The van der Waals surface area contributed by atoms with Crippen molar-refractivity contribution in [3.63, 3.8) is 0 Å². The Morgan fingerprint density at radius 3 is 2.73 bits per heavy atom. The summed E-state index contributed by atoms with van der Waals surface area (Å²) in [5, 5.41) is 18.8. The van der Waals surface area contributed by atoms with Crippen molar-refractivity contribution < 1.29 is 14.5 Å². The van der Waals surface area contributed by atoms with E-state index in [0.29, 0.717) is 17.2 Å². The highest BCUT2D eigenvalue weighted by Crippen LogP contribution is 2.32. The predicted octanol–water partition coefficient (Wildman–Crippen LogP) is 5.90. The number of carbonyl (C=O) groups excluding carboxylic acids is 1. The van der Waals surface area contributed by atoms with Crippen LogP contribution in [-0.4, -0.2) is 20.6 Å². The SMILES string of the molecule is CCC(C(=O)Nc1cc(Oc2ccc(Cl)cc2C)cc([N+](=O)[O-])c1)n1cc(Br)cn1. The minimum atomic E-state index is -0.571. The van der Waals surface area contributed by atoms with Crippen LogP contribution in [0, 0.1) is 17.0 Å². The number of anilines is 1. The van der Waals surface area contributed by atoms with Crippen molar-refractivity contribution in [2.75, 3.05) is 5.32 Å². The lowest BCUT2D eigenvalue weighted by Gasteiger charge is -2.16. The molecule has 0 radical (unpaired) electrons. The van der Waals surface area contributed by atoms with Gasteiger partial charge in [-0.25, -0.2) is 0 Å². The van der Waals surface area contributed by atoms with Gasteiger partial charge in [0.05, 0.1) is 27.3 Å². The molecule has 0 fully saturated rings. The predicted molar refractivity (Wildman–Crippen MR) is 117 cm³/mol. The molecule has 0 saturated heterocycles. The summed E-state index contributed by atoms with van der Waals surface area (Å²) < 4.78 is 8.10.